The lowest BCUT2D eigenvalue weighted by Gasteiger charge is -2.07. The van der Waals surface area contributed by atoms with Crippen LogP contribution in [-0.2, 0) is 4.74 Å². The molecule has 0 atom stereocenters. The first-order chi connectivity index (χ1) is 11.7. The Hall–Kier alpha value is -2.91. The number of carbonyl (C=O) groups excluding carboxylic acids is 1. The van der Waals surface area contributed by atoms with Gasteiger partial charge in [-0.3, -0.25) is 0 Å². The standard InChI is InChI=1S/C18H15N3O2S/c1-12-4-5-14-15(11-24-16(14)9-12)18(22)23-8-7-21-17-13(10-19)3-2-6-20-17/h2-6,9,11H,7-8H2,1H3,(H,20,21). The van der Waals surface area contributed by atoms with Crippen molar-refractivity contribution in [2.75, 3.05) is 18.5 Å². The van der Waals surface area contributed by atoms with Gasteiger partial charge in [-0.2, -0.15) is 5.26 Å². The fourth-order valence-electron chi connectivity index (χ4n) is 2.32. The molecule has 0 aliphatic rings. The van der Waals surface area contributed by atoms with E-state index in [4.69, 9.17) is 10.00 Å². The Morgan fingerprint density at radius 3 is 3.12 bits per heavy atom. The number of carbonyl (C=O) groups is 1. The second-order valence-corrected chi connectivity index (χ2v) is 6.13. The molecule has 1 aromatic carbocycles. The monoisotopic (exact) mass is 337 g/mol. The van der Waals surface area contributed by atoms with Crippen LogP contribution in [0, 0.1) is 18.3 Å². The van der Waals surface area contributed by atoms with Crippen molar-refractivity contribution in [3.8, 4) is 6.07 Å². The van der Waals surface area contributed by atoms with E-state index < -0.39 is 0 Å². The van der Waals surface area contributed by atoms with Crippen molar-refractivity contribution in [3.63, 3.8) is 0 Å². The smallest absolute Gasteiger partial charge is 0.339 e. The van der Waals surface area contributed by atoms with Crippen LogP contribution < -0.4 is 5.32 Å². The average Bonchev–Trinajstić information content (AvgIpc) is 3.01. The Balaban J connectivity index is 1.58. The quantitative estimate of drug-likeness (QED) is 0.567. The van der Waals surface area contributed by atoms with Crippen molar-refractivity contribution in [2.24, 2.45) is 0 Å². The van der Waals surface area contributed by atoms with E-state index in [9.17, 15) is 4.79 Å². The maximum Gasteiger partial charge on any atom is 0.339 e. The van der Waals surface area contributed by atoms with E-state index in [1.54, 1.807) is 18.3 Å². The maximum absolute atomic E-state index is 12.2. The van der Waals surface area contributed by atoms with Crippen LogP contribution in [0.2, 0.25) is 0 Å². The van der Waals surface area contributed by atoms with E-state index in [2.05, 4.69) is 22.4 Å². The number of aryl methyl sites for hydroxylation is 1. The SMILES string of the molecule is Cc1ccc2c(C(=O)OCCNc3ncccc3C#N)csc2c1. The number of fused-ring (bicyclic) bond motifs is 1. The number of rotatable bonds is 5. The Bertz CT molecular complexity index is 927. The van der Waals surface area contributed by atoms with Crippen LogP contribution in [-0.4, -0.2) is 24.1 Å². The molecule has 2 heterocycles. The largest absolute Gasteiger partial charge is 0.460 e. The molecule has 0 bridgehead atoms. The molecular formula is C18H15N3O2S. The minimum absolute atomic E-state index is 0.198. The summed E-state index contributed by atoms with van der Waals surface area (Å²) in [6.07, 6.45) is 1.61. The molecule has 0 unspecified atom stereocenters. The van der Waals surface area contributed by atoms with Gasteiger partial charge in [0, 0.05) is 21.7 Å². The number of nitrogens with one attached hydrogen (secondary N) is 1. The van der Waals surface area contributed by atoms with Gasteiger partial charge in [0.1, 0.15) is 18.5 Å². The number of ether oxygens (including phenoxy) is 1. The number of nitriles is 1. The fourth-order valence-corrected chi connectivity index (χ4v) is 3.35. The molecule has 0 aliphatic heterocycles. The first-order valence-corrected chi connectivity index (χ1v) is 8.31. The summed E-state index contributed by atoms with van der Waals surface area (Å²) >= 11 is 1.53. The molecule has 0 saturated carbocycles. The van der Waals surface area contributed by atoms with E-state index in [0.29, 0.717) is 23.5 Å². The second kappa shape index (κ2) is 7.11. The molecule has 3 rings (SSSR count). The number of esters is 1. The summed E-state index contributed by atoms with van der Waals surface area (Å²) in [7, 11) is 0. The number of hydrogen-bond donors (Lipinski definition) is 1. The van der Waals surface area contributed by atoms with Gasteiger partial charge in [0.15, 0.2) is 0 Å². The summed E-state index contributed by atoms with van der Waals surface area (Å²) in [5.41, 5.74) is 2.21. The van der Waals surface area contributed by atoms with Crippen molar-refractivity contribution in [1.82, 2.24) is 4.98 Å². The highest BCUT2D eigenvalue weighted by atomic mass is 32.1. The number of nitrogens with zero attached hydrogens (tertiary/aromatic N) is 2. The Labute approximate surface area is 143 Å². The van der Waals surface area contributed by atoms with Gasteiger partial charge in [-0.15, -0.1) is 11.3 Å². The van der Waals surface area contributed by atoms with Crippen LogP contribution >= 0.6 is 11.3 Å². The van der Waals surface area contributed by atoms with Crippen molar-refractivity contribution >= 4 is 33.2 Å². The van der Waals surface area contributed by atoms with Gasteiger partial charge in [0.25, 0.3) is 0 Å². The van der Waals surface area contributed by atoms with Crippen molar-refractivity contribution in [3.05, 3.63) is 58.6 Å². The molecule has 120 valence electrons. The van der Waals surface area contributed by atoms with E-state index in [1.165, 1.54) is 11.3 Å². The van der Waals surface area contributed by atoms with Gasteiger partial charge < -0.3 is 10.1 Å². The average molecular weight is 337 g/mol. The molecule has 0 saturated heterocycles. The molecule has 0 amide bonds. The number of anilines is 1. The molecule has 2 aromatic heterocycles. The number of pyridine rings is 1. The first kappa shape index (κ1) is 16.0. The van der Waals surface area contributed by atoms with Crippen LogP contribution in [0.25, 0.3) is 10.1 Å². The lowest BCUT2D eigenvalue weighted by Crippen LogP contribution is -2.14. The normalized spacial score (nSPS) is 10.3. The minimum Gasteiger partial charge on any atom is -0.460 e. The van der Waals surface area contributed by atoms with Crippen LogP contribution in [0.15, 0.2) is 41.9 Å². The van der Waals surface area contributed by atoms with Gasteiger partial charge in [-0.1, -0.05) is 12.1 Å². The topological polar surface area (TPSA) is 75.0 Å². The van der Waals surface area contributed by atoms with E-state index >= 15 is 0 Å². The summed E-state index contributed by atoms with van der Waals surface area (Å²) in [4.78, 5) is 16.3. The number of thiophene rings is 1. The van der Waals surface area contributed by atoms with Gasteiger partial charge in [0.05, 0.1) is 17.7 Å². The molecule has 0 aliphatic carbocycles. The van der Waals surface area contributed by atoms with Crippen LogP contribution in [0.5, 0.6) is 0 Å². The van der Waals surface area contributed by atoms with Gasteiger partial charge >= 0.3 is 5.97 Å². The zero-order valence-corrected chi connectivity index (χ0v) is 13.9. The summed E-state index contributed by atoms with van der Waals surface area (Å²) in [5, 5.41) is 14.7. The molecule has 0 radical (unpaired) electrons. The molecule has 3 aromatic rings. The predicted molar refractivity (Wildman–Crippen MR) is 94.3 cm³/mol. The third-order valence-corrected chi connectivity index (χ3v) is 4.45. The molecule has 6 heteroatoms. The Morgan fingerprint density at radius 2 is 2.29 bits per heavy atom. The molecule has 5 nitrogen and oxygen atoms in total. The number of aromatic nitrogens is 1. The Kier molecular flexibility index (Phi) is 4.73. The van der Waals surface area contributed by atoms with E-state index in [0.717, 1.165) is 15.6 Å². The minimum atomic E-state index is -0.339. The van der Waals surface area contributed by atoms with Gasteiger partial charge in [-0.25, -0.2) is 9.78 Å². The fraction of sp³-hybridized carbons (Fsp3) is 0.167. The second-order valence-electron chi connectivity index (χ2n) is 5.22. The van der Waals surface area contributed by atoms with Crippen molar-refractivity contribution in [2.45, 2.75) is 6.92 Å². The van der Waals surface area contributed by atoms with Gasteiger partial charge in [0.2, 0.25) is 0 Å². The Morgan fingerprint density at radius 1 is 1.42 bits per heavy atom. The summed E-state index contributed by atoms with van der Waals surface area (Å²) < 4.78 is 6.39. The first-order valence-electron chi connectivity index (χ1n) is 7.43. The summed E-state index contributed by atoms with van der Waals surface area (Å²) in [6.45, 7) is 2.61. The van der Waals surface area contributed by atoms with Crippen LogP contribution in [0.4, 0.5) is 5.82 Å². The highest BCUT2D eigenvalue weighted by Crippen LogP contribution is 2.27. The highest BCUT2D eigenvalue weighted by molar-refractivity contribution is 7.17. The predicted octanol–water partition coefficient (Wildman–Crippen LogP) is 3.75. The zero-order valence-electron chi connectivity index (χ0n) is 13.1. The molecule has 24 heavy (non-hydrogen) atoms. The molecule has 0 spiro atoms. The van der Waals surface area contributed by atoms with E-state index in [-0.39, 0.29) is 12.6 Å². The lowest BCUT2D eigenvalue weighted by molar-refractivity contribution is 0.0523. The van der Waals surface area contributed by atoms with E-state index in [1.807, 2.05) is 24.4 Å². The van der Waals surface area contributed by atoms with Crippen LogP contribution in [0.1, 0.15) is 21.5 Å². The summed E-state index contributed by atoms with van der Waals surface area (Å²) in [5.74, 6) is 0.154. The number of hydrogen-bond acceptors (Lipinski definition) is 6. The lowest BCUT2D eigenvalue weighted by atomic mass is 10.1. The highest BCUT2D eigenvalue weighted by Gasteiger charge is 2.13. The van der Waals surface area contributed by atoms with Crippen molar-refractivity contribution in [1.29, 1.82) is 5.26 Å². The molecule has 1 N–H and O–H groups in total. The number of benzene rings is 1. The van der Waals surface area contributed by atoms with Gasteiger partial charge in [-0.05, 0) is 30.7 Å². The molecule has 0 fully saturated rings. The van der Waals surface area contributed by atoms with Crippen LogP contribution in [0.3, 0.4) is 0 Å². The third kappa shape index (κ3) is 3.36. The third-order valence-electron chi connectivity index (χ3n) is 3.51. The summed E-state index contributed by atoms with van der Waals surface area (Å²) in [6, 6.07) is 11.4. The molecular weight excluding hydrogens is 322 g/mol. The zero-order chi connectivity index (χ0) is 16.9. The van der Waals surface area contributed by atoms with Crippen molar-refractivity contribution < 1.29 is 9.53 Å². The maximum atomic E-state index is 12.2.